The van der Waals surface area contributed by atoms with Crippen molar-refractivity contribution >= 4 is 11.7 Å². The summed E-state index contributed by atoms with van der Waals surface area (Å²) in [6, 6.07) is 14.4. The fourth-order valence-electron chi connectivity index (χ4n) is 2.33. The standard InChI is InChI=1S/C17H17N5O2/c1-12-10-15(22(19-12)11-13-6-4-3-5-7-13)18-17(24)14-8-9-16(23)21(2)20-14/h3-10H,11H2,1-2H3,(H,18,24). The first-order chi connectivity index (χ1) is 11.5. The first kappa shape index (κ1) is 15.7. The van der Waals surface area contributed by atoms with E-state index in [1.807, 2.05) is 37.3 Å². The Balaban J connectivity index is 1.83. The summed E-state index contributed by atoms with van der Waals surface area (Å²) in [6.07, 6.45) is 0. The van der Waals surface area contributed by atoms with Gasteiger partial charge >= 0.3 is 0 Å². The lowest BCUT2D eigenvalue weighted by Crippen LogP contribution is -2.24. The van der Waals surface area contributed by atoms with Crippen molar-refractivity contribution < 1.29 is 4.79 Å². The van der Waals surface area contributed by atoms with Gasteiger partial charge in [-0.2, -0.15) is 10.2 Å². The zero-order valence-corrected chi connectivity index (χ0v) is 13.4. The zero-order valence-electron chi connectivity index (χ0n) is 13.4. The average Bonchev–Trinajstić information content (AvgIpc) is 2.90. The molecular formula is C17H17N5O2. The molecule has 2 heterocycles. The molecule has 0 spiro atoms. The molecule has 24 heavy (non-hydrogen) atoms. The van der Waals surface area contributed by atoms with Crippen LogP contribution in [-0.2, 0) is 13.6 Å². The summed E-state index contributed by atoms with van der Waals surface area (Å²) in [5.74, 6) is 0.191. The second-order valence-electron chi connectivity index (χ2n) is 5.45. The predicted octanol–water partition coefficient (Wildman–Crippen LogP) is 1.59. The molecule has 0 aliphatic rings. The Hall–Kier alpha value is -3.22. The molecule has 0 atom stereocenters. The van der Waals surface area contributed by atoms with Crippen LogP contribution in [0.4, 0.5) is 5.82 Å². The van der Waals surface area contributed by atoms with E-state index in [1.165, 1.54) is 19.2 Å². The van der Waals surface area contributed by atoms with E-state index < -0.39 is 0 Å². The van der Waals surface area contributed by atoms with E-state index in [0.29, 0.717) is 12.4 Å². The van der Waals surface area contributed by atoms with Gasteiger partial charge in [0.25, 0.3) is 11.5 Å². The molecule has 0 saturated heterocycles. The van der Waals surface area contributed by atoms with Gasteiger partial charge in [-0.05, 0) is 18.6 Å². The summed E-state index contributed by atoms with van der Waals surface area (Å²) in [5.41, 5.74) is 1.78. The molecule has 3 rings (SSSR count). The Kier molecular flexibility index (Phi) is 4.24. The molecule has 0 saturated carbocycles. The molecule has 0 radical (unpaired) electrons. The van der Waals surface area contributed by atoms with Crippen LogP contribution in [0.25, 0.3) is 0 Å². The molecule has 0 aliphatic carbocycles. The van der Waals surface area contributed by atoms with Gasteiger partial charge < -0.3 is 5.32 Å². The fraction of sp³-hybridized carbons (Fsp3) is 0.176. The highest BCUT2D eigenvalue weighted by molar-refractivity contribution is 6.02. The van der Waals surface area contributed by atoms with Crippen LogP contribution in [0.5, 0.6) is 0 Å². The van der Waals surface area contributed by atoms with Gasteiger partial charge in [0.05, 0.1) is 12.2 Å². The molecule has 122 valence electrons. The number of nitrogens with zero attached hydrogens (tertiary/aromatic N) is 4. The van der Waals surface area contributed by atoms with Crippen molar-refractivity contribution in [1.82, 2.24) is 19.6 Å². The number of carbonyl (C=O) groups excluding carboxylic acids is 1. The quantitative estimate of drug-likeness (QED) is 0.790. The minimum atomic E-state index is -0.389. The van der Waals surface area contributed by atoms with Crippen molar-refractivity contribution in [3.63, 3.8) is 0 Å². The van der Waals surface area contributed by atoms with Crippen LogP contribution in [0, 0.1) is 6.92 Å². The van der Waals surface area contributed by atoms with Gasteiger partial charge in [-0.15, -0.1) is 0 Å². The van der Waals surface area contributed by atoms with Crippen molar-refractivity contribution in [1.29, 1.82) is 0 Å². The number of carbonyl (C=O) groups is 1. The smallest absolute Gasteiger partial charge is 0.277 e. The number of hydrogen-bond donors (Lipinski definition) is 1. The molecule has 0 fully saturated rings. The van der Waals surface area contributed by atoms with Crippen molar-refractivity contribution in [3.05, 3.63) is 75.8 Å². The maximum absolute atomic E-state index is 12.4. The van der Waals surface area contributed by atoms with Crippen molar-refractivity contribution in [2.75, 3.05) is 5.32 Å². The molecule has 1 amide bonds. The van der Waals surface area contributed by atoms with Crippen molar-refractivity contribution in [2.24, 2.45) is 7.05 Å². The lowest BCUT2D eigenvalue weighted by Gasteiger charge is -2.09. The van der Waals surface area contributed by atoms with Crippen molar-refractivity contribution in [2.45, 2.75) is 13.5 Å². The highest BCUT2D eigenvalue weighted by Crippen LogP contribution is 2.14. The number of rotatable bonds is 4. The minimum Gasteiger partial charge on any atom is -0.305 e. The Labute approximate surface area is 138 Å². The Bertz CT molecular complexity index is 928. The van der Waals surface area contributed by atoms with Gasteiger partial charge in [-0.25, -0.2) is 9.36 Å². The van der Waals surface area contributed by atoms with Crippen LogP contribution in [0.15, 0.2) is 53.3 Å². The van der Waals surface area contributed by atoms with Crippen LogP contribution < -0.4 is 10.9 Å². The number of benzene rings is 1. The van der Waals surface area contributed by atoms with Crippen LogP contribution in [0.2, 0.25) is 0 Å². The van der Waals surface area contributed by atoms with Gasteiger partial charge in [0.2, 0.25) is 0 Å². The summed E-state index contributed by atoms with van der Waals surface area (Å²) in [6.45, 7) is 2.41. The summed E-state index contributed by atoms with van der Waals surface area (Å²) >= 11 is 0. The van der Waals surface area contributed by atoms with E-state index in [0.717, 1.165) is 15.9 Å². The molecular weight excluding hydrogens is 306 g/mol. The third kappa shape index (κ3) is 3.40. The predicted molar refractivity (Wildman–Crippen MR) is 89.9 cm³/mol. The largest absolute Gasteiger partial charge is 0.305 e. The summed E-state index contributed by atoms with van der Waals surface area (Å²) in [5, 5.41) is 11.2. The molecule has 3 aromatic rings. The van der Waals surface area contributed by atoms with E-state index in [1.54, 1.807) is 10.7 Å². The van der Waals surface area contributed by atoms with Gasteiger partial charge in [0.1, 0.15) is 11.5 Å². The third-order valence-corrected chi connectivity index (χ3v) is 3.51. The van der Waals surface area contributed by atoms with Crippen LogP contribution in [-0.4, -0.2) is 25.5 Å². The second-order valence-corrected chi connectivity index (χ2v) is 5.45. The number of amides is 1. The number of hydrogen-bond acceptors (Lipinski definition) is 4. The van der Waals surface area contributed by atoms with Crippen LogP contribution in [0.3, 0.4) is 0 Å². The number of aryl methyl sites for hydroxylation is 2. The highest BCUT2D eigenvalue weighted by atomic mass is 16.2. The topological polar surface area (TPSA) is 81.8 Å². The number of nitrogens with one attached hydrogen (secondary N) is 1. The fourth-order valence-corrected chi connectivity index (χ4v) is 2.33. The lowest BCUT2D eigenvalue weighted by atomic mass is 10.2. The molecule has 2 aromatic heterocycles. The maximum Gasteiger partial charge on any atom is 0.277 e. The molecule has 7 nitrogen and oxygen atoms in total. The van der Waals surface area contributed by atoms with Crippen molar-refractivity contribution in [3.8, 4) is 0 Å². The molecule has 1 N–H and O–H groups in total. The van der Waals surface area contributed by atoms with Crippen LogP contribution >= 0.6 is 0 Å². The Morgan fingerprint density at radius 1 is 1.12 bits per heavy atom. The lowest BCUT2D eigenvalue weighted by molar-refractivity contribution is 0.101. The number of anilines is 1. The minimum absolute atomic E-state index is 0.169. The first-order valence-corrected chi connectivity index (χ1v) is 7.47. The van der Waals surface area contributed by atoms with E-state index in [-0.39, 0.29) is 17.2 Å². The van der Waals surface area contributed by atoms with E-state index in [4.69, 9.17) is 0 Å². The highest BCUT2D eigenvalue weighted by Gasteiger charge is 2.13. The average molecular weight is 323 g/mol. The molecule has 0 unspecified atom stereocenters. The van der Waals surface area contributed by atoms with E-state index in [2.05, 4.69) is 15.5 Å². The molecule has 0 aliphatic heterocycles. The summed E-state index contributed by atoms with van der Waals surface area (Å²) < 4.78 is 2.85. The SMILES string of the molecule is Cc1cc(NC(=O)c2ccc(=O)n(C)n2)n(Cc2ccccc2)n1. The Morgan fingerprint density at radius 2 is 1.88 bits per heavy atom. The van der Waals surface area contributed by atoms with Gasteiger partial charge in [-0.1, -0.05) is 30.3 Å². The Morgan fingerprint density at radius 3 is 2.58 bits per heavy atom. The van der Waals surface area contributed by atoms with E-state index >= 15 is 0 Å². The zero-order chi connectivity index (χ0) is 17.1. The summed E-state index contributed by atoms with van der Waals surface area (Å²) in [4.78, 5) is 23.7. The van der Waals surface area contributed by atoms with Gasteiger partial charge in [0.15, 0.2) is 0 Å². The number of aromatic nitrogens is 4. The van der Waals surface area contributed by atoms with Crippen LogP contribution in [0.1, 0.15) is 21.7 Å². The maximum atomic E-state index is 12.4. The van der Waals surface area contributed by atoms with Gasteiger partial charge in [-0.3, -0.25) is 9.59 Å². The third-order valence-electron chi connectivity index (χ3n) is 3.51. The molecule has 0 bridgehead atoms. The van der Waals surface area contributed by atoms with E-state index in [9.17, 15) is 9.59 Å². The summed E-state index contributed by atoms with van der Waals surface area (Å²) in [7, 11) is 1.50. The molecule has 1 aromatic carbocycles. The normalized spacial score (nSPS) is 10.6. The second kappa shape index (κ2) is 6.49. The van der Waals surface area contributed by atoms with Gasteiger partial charge in [0, 0.05) is 19.2 Å². The first-order valence-electron chi connectivity index (χ1n) is 7.47. The monoisotopic (exact) mass is 323 g/mol. The molecule has 7 heteroatoms.